The van der Waals surface area contributed by atoms with Crippen LogP contribution in [-0.4, -0.2) is 30.1 Å². The smallest absolute Gasteiger partial charge is 0.0449 e. The molecule has 1 saturated heterocycles. The Kier molecular flexibility index (Phi) is 4.41. The maximum absolute atomic E-state index is 3.68. The molecule has 1 aromatic carbocycles. The predicted molar refractivity (Wildman–Crippen MR) is 77.7 cm³/mol. The van der Waals surface area contributed by atoms with Crippen molar-refractivity contribution >= 4 is 0 Å². The Morgan fingerprint density at radius 3 is 2.67 bits per heavy atom. The van der Waals surface area contributed by atoms with Crippen LogP contribution in [-0.2, 0) is 0 Å². The molecule has 100 valence electrons. The average Bonchev–Trinajstić information content (AvgIpc) is 2.66. The molecule has 0 spiro atoms. The van der Waals surface area contributed by atoms with Crippen molar-refractivity contribution in [3.63, 3.8) is 0 Å². The number of nitrogens with one attached hydrogen (secondary N) is 1. The van der Waals surface area contributed by atoms with Crippen molar-refractivity contribution in [3.8, 4) is 0 Å². The molecule has 1 N–H and O–H groups in total. The van der Waals surface area contributed by atoms with E-state index in [1.807, 2.05) is 0 Å². The second-order valence-corrected chi connectivity index (χ2v) is 5.88. The summed E-state index contributed by atoms with van der Waals surface area (Å²) in [5.74, 6) is 0. The van der Waals surface area contributed by atoms with Crippen LogP contribution in [0, 0.1) is 0 Å². The fourth-order valence-corrected chi connectivity index (χ4v) is 2.60. The number of hydrogen-bond donors (Lipinski definition) is 1. The van der Waals surface area contributed by atoms with E-state index in [1.54, 1.807) is 0 Å². The Labute approximate surface area is 111 Å². The molecule has 0 saturated carbocycles. The number of nitrogens with zero attached hydrogens (tertiary/aromatic N) is 1. The number of benzene rings is 1. The van der Waals surface area contributed by atoms with Gasteiger partial charge in [-0.25, -0.2) is 0 Å². The van der Waals surface area contributed by atoms with E-state index >= 15 is 0 Å². The molecule has 1 unspecified atom stereocenters. The number of hydrogen-bond acceptors (Lipinski definition) is 2. The van der Waals surface area contributed by atoms with Crippen LogP contribution < -0.4 is 5.32 Å². The van der Waals surface area contributed by atoms with Crippen LogP contribution >= 0.6 is 0 Å². The summed E-state index contributed by atoms with van der Waals surface area (Å²) in [5, 5.41) is 3.68. The topological polar surface area (TPSA) is 15.3 Å². The maximum atomic E-state index is 3.68. The summed E-state index contributed by atoms with van der Waals surface area (Å²) in [6, 6.07) is 11.3. The van der Waals surface area contributed by atoms with Crippen LogP contribution in [0.4, 0.5) is 0 Å². The third-order valence-corrected chi connectivity index (χ3v) is 4.32. The average molecular weight is 246 g/mol. The molecular formula is C16H26N2. The molecule has 0 bridgehead atoms. The van der Waals surface area contributed by atoms with Gasteiger partial charge < -0.3 is 5.32 Å². The van der Waals surface area contributed by atoms with E-state index in [1.165, 1.54) is 24.9 Å². The summed E-state index contributed by atoms with van der Waals surface area (Å²) in [6.45, 7) is 10.5. The monoisotopic (exact) mass is 246 g/mol. The van der Waals surface area contributed by atoms with Gasteiger partial charge in [-0.1, -0.05) is 37.3 Å². The van der Waals surface area contributed by atoms with Crippen LogP contribution in [0.1, 0.15) is 45.2 Å². The van der Waals surface area contributed by atoms with E-state index in [0.717, 1.165) is 13.1 Å². The van der Waals surface area contributed by atoms with Gasteiger partial charge in [0.25, 0.3) is 0 Å². The van der Waals surface area contributed by atoms with Crippen molar-refractivity contribution < 1.29 is 0 Å². The van der Waals surface area contributed by atoms with E-state index in [2.05, 4.69) is 61.3 Å². The predicted octanol–water partition coefficient (Wildman–Crippen LogP) is 3.21. The highest BCUT2D eigenvalue weighted by atomic mass is 15.2. The van der Waals surface area contributed by atoms with E-state index in [0.29, 0.717) is 11.6 Å². The normalized spacial score (nSPS) is 22.7. The van der Waals surface area contributed by atoms with Gasteiger partial charge in [0.2, 0.25) is 0 Å². The highest BCUT2D eigenvalue weighted by Crippen LogP contribution is 2.25. The molecule has 1 heterocycles. The fraction of sp³-hybridized carbons (Fsp3) is 0.625. The minimum atomic E-state index is 0.305. The first kappa shape index (κ1) is 13.6. The van der Waals surface area contributed by atoms with Crippen LogP contribution in [0.5, 0.6) is 0 Å². The van der Waals surface area contributed by atoms with Crippen molar-refractivity contribution in [2.45, 2.75) is 45.2 Å². The van der Waals surface area contributed by atoms with Crippen molar-refractivity contribution in [3.05, 3.63) is 35.9 Å². The van der Waals surface area contributed by atoms with Gasteiger partial charge in [0, 0.05) is 18.1 Å². The molecule has 0 aromatic heterocycles. The van der Waals surface area contributed by atoms with Gasteiger partial charge in [0.15, 0.2) is 0 Å². The van der Waals surface area contributed by atoms with E-state index < -0.39 is 0 Å². The van der Waals surface area contributed by atoms with Crippen molar-refractivity contribution in [2.24, 2.45) is 0 Å². The molecule has 1 aliphatic rings. The first-order valence-corrected chi connectivity index (χ1v) is 7.17. The van der Waals surface area contributed by atoms with E-state index in [4.69, 9.17) is 0 Å². The summed E-state index contributed by atoms with van der Waals surface area (Å²) in [7, 11) is 0. The minimum absolute atomic E-state index is 0.305. The highest BCUT2D eigenvalue weighted by Gasteiger charge is 2.28. The quantitative estimate of drug-likeness (QED) is 0.881. The lowest BCUT2D eigenvalue weighted by atomic mass is 9.97. The Morgan fingerprint density at radius 1 is 1.28 bits per heavy atom. The maximum Gasteiger partial charge on any atom is 0.0449 e. The first-order valence-electron chi connectivity index (χ1n) is 7.17. The molecule has 0 aliphatic carbocycles. The molecule has 1 atom stereocenters. The van der Waals surface area contributed by atoms with Crippen molar-refractivity contribution in [1.82, 2.24) is 10.2 Å². The Balaban J connectivity index is 2.13. The van der Waals surface area contributed by atoms with Gasteiger partial charge in [-0.2, -0.15) is 0 Å². The summed E-state index contributed by atoms with van der Waals surface area (Å²) in [4.78, 5) is 2.64. The lowest BCUT2D eigenvalue weighted by Gasteiger charge is -2.38. The lowest BCUT2D eigenvalue weighted by molar-refractivity contribution is 0.113. The molecule has 0 amide bonds. The van der Waals surface area contributed by atoms with E-state index in [9.17, 15) is 0 Å². The highest BCUT2D eigenvalue weighted by molar-refractivity contribution is 5.19. The van der Waals surface area contributed by atoms with Crippen molar-refractivity contribution in [2.75, 3.05) is 19.6 Å². The third kappa shape index (κ3) is 3.12. The van der Waals surface area contributed by atoms with Gasteiger partial charge in [0.1, 0.15) is 0 Å². The zero-order chi connectivity index (χ0) is 13.0. The fourth-order valence-electron chi connectivity index (χ4n) is 2.60. The van der Waals surface area contributed by atoms with Crippen molar-refractivity contribution in [1.29, 1.82) is 0 Å². The SMILES string of the molecule is CCC(C)(C)N1CCCNC(c2ccccc2)C1. The summed E-state index contributed by atoms with van der Waals surface area (Å²) in [6.07, 6.45) is 2.45. The molecule has 2 nitrogen and oxygen atoms in total. The summed E-state index contributed by atoms with van der Waals surface area (Å²) in [5.41, 5.74) is 1.72. The van der Waals surface area contributed by atoms with Gasteiger partial charge in [-0.05, 0) is 45.3 Å². The summed E-state index contributed by atoms with van der Waals surface area (Å²) < 4.78 is 0. The molecule has 1 aromatic rings. The van der Waals surface area contributed by atoms with Crippen LogP contribution in [0.3, 0.4) is 0 Å². The van der Waals surface area contributed by atoms with Gasteiger partial charge in [-0.3, -0.25) is 4.90 Å². The Hall–Kier alpha value is -0.860. The van der Waals surface area contributed by atoms with E-state index in [-0.39, 0.29) is 0 Å². The number of rotatable bonds is 3. The molecular weight excluding hydrogens is 220 g/mol. The summed E-state index contributed by atoms with van der Waals surface area (Å²) >= 11 is 0. The van der Waals surface area contributed by atoms with Gasteiger partial charge in [-0.15, -0.1) is 0 Å². The molecule has 2 rings (SSSR count). The largest absolute Gasteiger partial charge is 0.309 e. The molecule has 1 fully saturated rings. The second-order valence-electron chi connectivity index (χ2n) is 5.88. The molecule has 2 heteroatoms. The zero-order valence-electron chi connectivity index (χ0n) is 11.9. The van der Waals surface area contributed by atoms with Gasteiger partial charge >= 0.3 is 0 Å². The Morgan fingerprint density at radius 2 is 2.00 bits per heavy atom. The molecule has 1 aliphatic heterocycles. The van der Waals surface area contributed by atoms with Gasteiger partial charge in [0.05, 0.1) is 0 Å². The van der Waals surface area contributed by atoms with Crippen LogP contribution in [0.25, 0.3) is 0 Å². The van der Waals surface area contributed by atoms with Crippen LogP contribution in [0.15, 0.2) is 30.3 Å². The Bertz CT molecular complexity index is 359. The standard InChI is InChI=1S/C16H26N2/c1-4-16(2,3)18-12-8-11-17-15(13-18)14-9-6-5-7-10-14/h5-7,9-10,15,17H,4,8,11-13H2,1-3H3. The van der Waals surface area contributed by atoms with Crippen LogP contribution in [0.2, 0.25) is 0 Å². The first-order chi connectivity index (χ1) is 8.63. The molecule has 0 radical (unpaired) electrons. The lowest BCUT2D eigenvalue weighted by Crippen LogP contribution is -2.45. The zero-order valence-corrected chi connectivity index (χ0v) is 11.9. The third-order valence-electron chi connectivity index (χ3n) is 4.32. The molecule has 18 heavy (non-hydrogen) atoms. The minimum Gasteiger partial charge on any atom is -0.309 e. The second kappa shape index (κ2) is 5.85.